The average Bonchev–Trinajstić information content (AvgIpc) is 3.39. The van der Waals surface area contributed by atoms with Gasteiger partial charge in [-0.05, 0) is 45.2 Å². The van der Waals surface area contributed by atoms with E-state index in [4.69, 9.17) is 4.74 Å². The third-order valence-corrected chi connectivity index (χ3v) is 4.91. The molecular formula is C21H26N2O3. The van der Waals surface area contributed by atoms with Crippen molar-refractivity contribution in [2.75, 3.05) is 13.7 Å². The van der Waals surface area contributed by atoms with Crippen LogP contribution in [0.3, 0.4) is 0 Å². The third-order valence-electron chi connectivity index (χ3n) is 4.91. The number of carbonyl (C=O) groups excluding carboxylic acids is 2. The highest BCUT2D eigenvalue weighted by Crippen LogP contribution is 2.38. The standard InChI is InChI=1S/C21H26N2O3/c1-14-5-7-17(8-6-14)12-22(4)20(24)13-26-21(25)19-11-15(2)23(16(19)3)18-9-10-18/h5-8,11,18H,9-10,12-13H2,1-4H3. The molecule has 0 N–H and O–H groups in total. The molecule has 5 heteroatoms. The molecule has 2 aromatic rings. The van der Waals surface area contributed by atoms with Gasteiger partial charge in [-0.15, -0.1) is 0 Å². The van der Waals surface area contributed by atoms with E-state index in [1.54, 1.807) is 11.9 Å². The van der Waals surface area contributed by atoms with Crippen molar-refractivity contribution in [2.45, 2.75) is 46.2 Å². The van der Waals surface area contributed by atoms with Crippen molar-refractivity contribution in [3.63, 3.8) is 0 Å². The van der Waals surface area contributed by atoms with Gasteiger partial charge in [0.15, 0.2) is 6.61 Å². The second-order valence-corrected chi connectivity index (χ2v) is 7.20. The minimum Gasteiger partial charge on any atom is -0.452 e. The minimum atomic E-state index is -0.429. The Morgan fingerprint density at radius 3 is 2.42 bits per heavy atom. The molecule has 0 aliphatic heterocycles. The molecule has 3 rings (SSSR count). The Bertz CT molecular complexity index is 817. The van der Waals surface area contributed by atoms with E-state index in [9.17, 15) is 9.59 Å². The lowest BCUT2D eigenvalue weighted by molar-refractivity contribution is -0.133. The van der Waals surface area contributed by atoms with Crippen molar-refractivity contribution in [1.82, 2.24) is 9.47 Å². The summed E-state index contributed by atoms with van der Waals surface area (Å²) in [5.74, 6) is -0.642. The lowest BCUT2D eigenvalue weighted by Crippen LogP contribution is -2.30. The molecule has 0 atom stereocenters. The summed E-state index contributed by atoms with van der Waals surface area (Å²) in [5, 5.41) is 0. The molecule has 1 amide bonds. The summed E-state index contributed by atoms with van der Waals surface area (Å²) in [5.41, 5.74) is 4.78. The van der Waals surface area contributed by atoms with Gasteiger partial charge >= 0.3 is 5.97 Å². The largest absolute Gasteiger partial charge is 0.452 e. The molecular weight excluding hydrogens is 328 g/mol. The van der Waals surface area contributed by atoms with Gasteiger partial charge in [0, 0.05) is 31.0 Å². The van der Waals surface area contributed by atoms with Crippen LogP contribution in [0.2, 0.25) is 0 Å². The van der Waals surface area contributed by atoms with E-state index >= 15 is 0 Å². The summed E-state index contributed by atoms with van der Waals surface area (Å²) in [4.78, 5) is 26.2. The first-order valence-electron chi connectivity index (χ1n) is 9.02. The number of hydrogen-bond acceptors (Lipinski definition) is 3. The van der Waals surface area contributed by atoms with Crippen LogP contribution < -0.4 is 0 Å². The molecule has 1 aliphatic carbocycles. The van der Waals surface area contributed by atoms with E-state index in [0.717, 1.165) is 29.8 Å². The Labute approximate surface area is 154 Å². The van der Waals surface area contributed by atoms with E-state index in [0.29, 0.717) is 18.2 Å². The van der Waals surface area contributed by atoms with Crippen LogP contribution in [-0.2, 0) is 16.1 Å². The van der Waals surface area contributed by atoms with E-state index in [-0.39, 0.29) is 12.5 Å². The molecule has 1 saturated carbocycles. The molecule has 0 spiro atoms. The molecule has 26 heavy (non-hydrogen) atoms. The summed E-state index contributed by atoms with van der Waals surface area (Å²) in [6, 6.07) is 10.4. The quantitative estimate of drug-likeness (QED) is 0.745. The molecule has 0 bridgehead atoms. The summed E-state index contributed by atoms with van der Waals surface area (Å²) in [6.07, 6.45) is 2.32. The molecule has 1 fully saturated rings. The van der Waals surface area contributed by atoms with Gasteiger partial charge in [0.2, 0.25) is 0 Å². The molecule has 0 unspecified atom stereocenters. The molecule has 5 nitrogen and oxygen atoms in total. The number of benzene rings is 1. The number of likely N-dealkylation sites (N-methyl/N-ethyl adjacent to an activating group) is 1. The van der Waals surface area contributed by atoms with Crippen LogP contribution in [0.4, 0.5) is 0 Å². The maximum atomic E-state index is 12.4. The van der Waals surface area contributed by atoms with Crippen LogP contribution in [0.5, 0.6) is 0 Å². The van der Waals surface area contributed by atoms with Crippen molar-refractivity contribution in [3.8, 4) is 0 Å². The van der Waals surface area contributed by atoms with Crippen molar-refractivity contribution in [2.24, 2.45) is 0 Å². The second-order valence-electron chi connectivity index (χ2n) is 7.20. The summed E-state index contributed by atoms with van der Waals surface area (Å²) >= 11 is 0. The number of esters is 1. The number of carbonyl (C=O) groups is 2. The van der Waals surface area contributed by atoms with Crippen LogP contribution in [0.25, 0.3) is 0 Å². The van der Waals surface area contributed by atoms with Crippen LogP contribution >= 0.6 is 0 Å². The zero-order valence-electron chi connectivity index (χ0n) is 15.9. The van der Waals surface area contributed by atoms with E-state index < -0.39 is 5.97 Å². The van der Waals surface area contributed by atoms with Gasteiger partial charge in [-0.1, -0.05) is 29.8 Å². The summed E-state index contributed by atoms with van der Waals surface area (Å²) in [7, 11) is 1.72. The van der Waals surface area contributed by atoms with Gasteiger partial charge in [-0.2, -0.15) is 0 Å². The topological polar surface area (TPSA) is 51.5 Å². The van der Waals surface area contributed by atoms with Gasteiger partial charge in [-0.3, -0.25) is 4.79 Å². The fourth-order valence-corrected chi connectivity index (χ4v) is 3.25. The van der Waals surface area contributed by atoms with Crippen LogP contribution in [0, 0.1) is 20.8 Å². The number of amides is 1. The van der Waals surface area contributed by atoms with Crippen LogP contribution in [-0.4, -0.2) is 35.0 Å². The van der Waals surface area contributed by atoms with Crippen LogP contribution in [0.15, 0.2) is 30.3 Å². The second kappa shape index (κ2) is 7.36. The Morgan fingerprint density at radius 2 is 1.81 bits per heavy atom. The monoisotopic (exact) mass is 354 g/mol. The van der Waals surface area contributed by atoms with E-state index in [2.05, 4.69) is 4.57 Å². The highest BCUT2D eigenvalue weighted by atomic mass is 16.5. The molecule has 138 valence electrons. The van der Waals surface area contributed by atoms with Crippen molar-refractivity contribution in [1.29, 1.82) is 0 Å². The predicted octanol–water partition coefficient (Wildman–Crippen LogP) is 3.56. The highest BCUT2D eigenvalue weighted by molar-refractivity contribution is 5.92. The number of aryl methyl sites for hydroxylation is 2. The molecule has 1 heterocycles. The number of aromatic nitrogens is 1. The minimum absolute atomic E-state index is 0.213. The van der Waals surface area contributed by atoms with E-state index in [1.807, 2.05) is 51.1 Å². The van der Waals surface area contributed by atoms with Crippen molar-refractivity contribution in [3.05, 3.63) is 58.4 Å². The smallest absolute Gasteiger partial charge is 0.340 e. The number of nitrogens with zero attached hydrogens (tertiary/aromatic N) is 2. The predicted molar refractivity (Wildman–Crippen MR) is 100 cm³/mol. The maximum Gasteiger partial charge on any atom is 0.340 e. The fourth-order valence-electron chi connectivity index (χ4n) is 3.25. The first-order valence-corrected chi connectivity index (χ1v) is 9.02. The Balaban J connectivity index is 1.56. The summed E-state index contributed by atoms with van der Waals surface area (Å²) < 4.78 is 7.47. The van der Waals surface area contributed by atoms with Gasteiger partial charge in [0.1, 0.15) is 0 Å². The summed E-state index contributed by atoms with van der Waals surface area (Å²) in [6.45, 7) is 6.22. The van der Waals surface area contributed by atoms with Gasteiger partial charge in [0.25, 0.3) is 5.91 Å². The van der Waals surface area contributed by atoms with Crippen LogP contribution in [0.1, 0.15) is 51.8 Å². The lowest BCUT2D eigenvalue weighted by atomic mass is 10.1. The zero-order chi connectivity index (χ0) is 18.8. The highest BCUT2D eigenvalue weighted by Gasteiger charge is 2.29. The van der Waals surface area contributed by atoms with Gasteiger partial charge in [-0.25, -0.2) is 4.79 Å². The molecule has 0 saturated heterocycles. The Hall–Kier alpha value is -2.56. The van der Waals surface area contributed by atoms with Gasteiger partial charge < -0.3 is 14.2 Å². The maximum absolute atomic E-state index is 12.4. The van der Waals surface area contributed by atoms with Crippen molar-refractivity contribution < 1.29 is 14.3 Å². The van der Waals surface area contributed by atoms with Crippen molar-refractivity contribution >= 4 is 11.9 Å². The normalized spacial score (nSPS) is 13.5. The first-order chi connectivity index (χ1) is 12.4. The average molecular weight is 354 g/mol. The fraction of sp³-hybridized carbons (Fsp3) is 0.429. The number of ether oxygens (including phenoxy) is 1. The molecule has 1 aromatic heterocycles. The van der Waals surface area contributed by atoms with Gasteiger partial charge in [0.05, 0.1) is 5.56 Å². The third kappa shape index (κ3) is 3.98. The molecule has 1 aromatic carbocycles. The number of rotatable bonds is 6. The Morgan fingerprint density at radius 1 is 1.15 bits per heavy atom. The zero-order valence-corrected chi connectivity index (χ0v) is 15.9. The lowest BCUT2D eigenvalue weighted by Gasteiger charge is -2.17. The molecule has 1 aliphatic rings. The molecule has 0 radical (unpaired) electrons. The Kier molecular flexibility index (Phi) is 5.16. The number of hydrogen-bond donors (Lipinski definition) is 0. The van der Waals surface area contributed by atoms with E-state index in [1.165, 1.54) is 5.56 Å². The first kappa shape index (κ1) is 18.2. The SMILES string of the molecule is Cc1ccc(CN(C)C(=O)COC(=O)c2cc(C)n(C3CC3)c2C)cc1.